The second kappa shape index (κ2) is 2.87. The number of allylic oxidation sites excluding steroid dienone is 5. The van der Waals surface area contributed by atoms with E-state index in [-0.39, 0.29) is 0 Å². The van der Waals surface area contributed by atoms with Crippen LogP contribution in [0.25, 0.3) is 0 Å². The summed E-state index contributed by atoms with van der Waals surface area (Å²) in [6.07, 6.45) is 13.8. The zero-order valence-corrected chi connectivity index (χ0v) is 6.46. The molecule has 0 aromatic heterocycles. The fourth-order valence-electron chi connectivity index (χ4n) is 1.43. The van der Waals surface area contributed by atoms with Crippen LogP contribution in [-0.2, 0) is 0 Å². The summed E-state index contributed by atoms with van der Waals surface area (Å²) in [5.74, 6) is 0. The van der Waals surface area contributed by atoms with Gasteiger partial charge in [0, 0.05) is 6.21 Å². The minimum absolute atomic E-state index is 1.08. The molecule has 1 aliphatic carbocycles. The molecular weight excluding hydrogens is 134 g/mol. The minimum atomic E-state index is 1.08. The molecule has 1 nitrogen and oxygen atoms in total. The van der Waals surface area contributed by atoms with Gasteiger partial charge in [0.05, 0.1) is 5.70 Å². The lowest BCUT2D eigenvalue weighted by Crippen LogP contribution is -1.90. The largest absolute Gasteiger partial charge is 0.257 e. The first kappa shape index (κ1) is 6.59. The molecule has 0 amide bonds. The van der Waals surface area contributed by atoms with E-state index in [9.17, 15) is 0 Å². The standard InChI is InChI=1S/C10H11N/c1-2-7-10-9(5-1)6-3-4-8-11-10/h2-4,7-8H,1,5-6H2. The third-order valence-electron chi connectivity index (χ3n) is 2.05. The lowest BCUT2D eigenvalue weighted by atomic mass is 10.00. The van der Waals surface area contributed by atoms with Crippen molar-refractivity contribution in [3.05, 3.63) is 35.6 Å². The Labute approximate surface area is 66.8 Å². The van der Waals surface area contributed by atoms with Crippen LogP contribution in [-0.4, -0.2) is 6.21 Å². The molecule has 0 fully saturated rings. The van der Waals surface area contributed by atoms with Crippen molar-refractivity contribution in [2.24, 2.45) is 4.99 Å². The third-order valence-corrected chi connectivity index (χ3v) is 2.05. The van der Waals surface area contributed by atoms with E-state index in [1.54, 1.807) is 0 Å². The van der Waals surface area contributed by atoms with Crippen molar-refractivity contribution in [2.75, 3.05) is 0 Å². The number of hydrogen-bond acceptors (Lipinski definition) is 1. The molecule has 0 saturated heterocycles. The van der Waals surface area contributed by atoms with Gasteiger partial charge in [-0.3, -0.25) is 4.99 Å². The molecule has 0 atom stereocenters. The van der Waals surface area contributed by atoms with E-state index < -0.39 is 0 Å². The maximum atomic E-state index is 4.33. The van der Waals surface area contributed by atoms with Gasteiger partial charge in [-0.1, -0.05) is 12.2 Å². The number of hydrogen-bond donors (Lipinski definition) is 0. The van der Waals surface area contributed by atoms with Gasteiger partial charge in [0.2, 0.25) is 0 Å². The Morgan fingerprint density at radius 3 is 3.27 bits per heavy atom. The predicted octanol–water partition coefficient (Wildman–Crippen LogP) is 2.62. The van der Waals surface area contributed by atoms with Crippen LogP contribution < -0.4 is 0 Å². The summed E-state index contributed by atoms with van der Waals surface area (Å²) in [4.78, 5) is 4.33. The first-order valence-electron chi connectivity index (χ1n) is 4.04. The van der Waals surface area contributed by atoms with Crippen LogP contribution in [0, 0.1) is 0 Å². The zero-order chi connectivity index (χ0) is 7.52. The smallest absolute Gasteiger partial charge is 0.0621 e. The van der Waals surface area contributed by atoms with Gasteiger partial charge in [0.1, 0.15) is 0 Å². The van der Waals surface area contributed by atoms with Gasteiger partial charge in [0.15, 0.2) is 0 Å². The summed E-state index contributed by atoms with van der Waals surface area (Å²) in [6.45, 7) is 0. The summed E-state index contributed by atoms with van der Waals surface area (Å²) < 4.78 is 0. The SMILES string of the molecule is C1=CCC2=C(C=CCC2)N=C1. The average Bonchev–Trinajstić information content (AvgIpc) is 2.28. The molecule has 2 aliphatic rings. The van der Waals surface area contributed by atoms with Gasteiger partial charge in [-0.05, 0) is 37.0 Å². The molecule has 0 spiro atoms. The number of rotatable bonds is 0. The molecule has 0 aromatic rings. The Balaban J connectivity index is 2.34. The molecule has 2 rings (SSSR count). The van der Waals surface area contributed by atoms with Crippen LogP contribution in [0.5, 0.6) is 0 Å². The van der Waals surface area contributed by atoms with E-state index in [0.717, 1.165) is 6.42 Å². The fraction of sp³-hybridized carbons (Fsp3) is 0.300. The molecule has 0 bridgehead atoms. The van der Waals surface area contributed by atoms with Crippen molar-refractivity contribution in [3.63, 3.8) is 0 Å². The molecule has 0 saturated carbocycles. The summed E-state index contributed by atoms with van der Waals surface area (Å²) in [6, 6.07) is 0. The Morgan fingerprint density at radius 1 is 1.27 bits per heavy atom. The van der Waals surface area contributed by atoms with E-state index in [4.69, 9.17) is 0 Å². The summed E-state index contributed by atoms with van der Waals surface area (Å²) >= 11 is 0. The molecule has 0 radical (unpaired) electrons. The first-order chi connectivity index (χ1) is 5.47. The highest BCUT2D eigenvalue weighted by Crippen LogP contribution is 2.23. The highest BCUT2D eigenvalue weighted by atomic mass is 14.7. The summed E-state index contributed by atoms with van der Waals surface area (Å²) in [7, 11) is 0. The van der Waals surface area contributed by atoms with Crippen LogP contribution in [0.4, 0.5) is 0 Å². The molecule has 56 valence electrons. The average molecular weight is 145 g/mol. The van der Waals surface area contributed by atoms with Gasteiger partial charge < -0.3 is 0 Å². The topological polar surface area (TPSA) is 12.4 Å². The van der Waals surface area contributed by atoms with Gasteiger partial charge in [-0.25, -0.2) is 0 Å². The lowest BCUT2D eigenvalue weighted by Gasteiger charge is -2.09. The van der Waals surface area contributed by atoms with Crippen LogP contribution >= 0.6 is 0 Å². The second-order valence-electron chi connectivity index (χ2n) is 2.84. The number of aliphatic imine (C=N–C) groups is 1. The fourth-order valence-corrected chi connectivity index (χ4v) is 1.43. The van der Waals surface area contributed by atoms with Crippen LogP contribution in [0.3, 0.4) is 0 Å². The maximum absolute atomic E-state index is 4.33. The van der Waals surface area contributed by atoms with Crippen molar-refractivity contribution in [1.29, 1.82) is 0 Å². The predicted molar refractivity (Wildman–Crippen MR) is 47.6 cm³/mol. The first-order valence-corrected chi connectivity index (χ1v) is 4.04. The zero-order valence-electron chi connectivity index (χ0n) is 6.46. The summed E-state index contributed by atoms with van der Waals surface area (Å²) in [5, 5.41) is 0. The lowest BCUT2D eigenvalue weighted by molar-refractivity contribution is 0.901. The molecule has 1 heteroatoms. The van der Waals surface area contributed by atoms with Crippen molar-refractivity contribution >= 4 is 6.21 Å². The highest BCUT2D eigenvalue weighted by Gasteiger charge is 2.06. The molecule has 1 aliphatic heterocycles. The van der Waals surface area contributed by atoms with Crippen molar-refractivity contribution < 1.29 is 0 Å². The third kappa shape index (κ3) is 1.32. The van der Waals surface area contributed by atoms with Gasteiger partial charge in [0.25, 0.3) is 0 Å². The second-order valence-corrected chi connectivity index (χ2v) is 2.84. The van der Waals surface area contributed by atoms with Crippen LogP contribution in [0.2, 0.25) is 0 Å². The normalized spacial score (nSPS) is 21.8. The van der Waals surface area contributed by atoms with Crippen molar-refractivity contribution in [1.82, 2.24) is 0 Å². The maximum Gasteiger partial charge on any atom is 0.0621 e. The monoisotopic (exact) mass is 145 g/mol. The summed E-state index contributed by atoms with van der Waals surface area (Å²) in [5.41, 5.74) is 2.67. The molecular formula is C10H11N. The van der Waals surface area contributed by atoms with Crippen molar-refractivity contribution in [3.8, 4) is 0 Å². The van der Waals surface area contributed by atoms with Crippen molar-refractivity contribution in [2.45, 2.75) is 19.3 Å². The molecule has 0 unspecified atom stereocenters. The Kier molecular flexibility index (Phi) is 1.72. The minimum Gasteiger partial charge on any atom is -0.257 e. The van der Waals surface area contributed by atoms with E-state index in [1.165, 1.54) is 24.1 Å². The van der Waals surface area contributed by atoms with E-state index in [0.29, 0.717) is 0 Å². The molecule has 0 N–H and O–H groups in total. The molecule has 11 heavy (non-hydrogen) atoms. The Hall–Kier alpha value is -1.11. The quantitative estimate of drug-likeness (QED) is 0.497. The van der Waals surface area contributed by atoms with Gasteiger partial charge >= 0.3 is 0 Å². The van der Waals surface area contributed by atoms with Crippen LogP contribution in [0.15, 0.2) is 40.6 Å². The van der Waals surface area contributed by atoms with Gasteiger partial charge in [-0.2, -0.15) is 0 Å². The Morgan fingerprint density at radius 2 is 2.27 bits per heavy atom. The van der Waals surface area contributed by atoms with Gasteiger partial charge in [-0.15, -0.1) is 0 Å². The van der Waals surface area contributed by atoms with E-state index in [2.05, 4.69) is 23.2 Å². The molecule has 1 heterocycles. The molecule has 0 aromatic carbocycles. The highest BCUT2D eigenvalue weighted by molar-refractivity contribution is 5.73. The van der Waals surface area contributed by atoms with Crippen LogP contribution in [0.1, 0.15) is 19.3 Å². The number of nitrogens with zero attached hydrogens (tertiary/aromatic N) is 1. The van der Waals surface area contributed by atoms with E-state index in [1.807, 2.05) is 12.3 Å². The Bertz CT molecular complexity index is 267. The van der Waals surface area contributed by atoms with E-state index >= 15 is 0 Å².